The van der Waals surface area contributed by atoms with Gasteiger partial charge in [-0.3, -0.25) is 9.59 Å². The number of fused-ring (bicyclic) bond motifs is 1. The summed E-state index contributed by atoms with van der Waals surface area (Å²) in [6.45, 7) is 2.25. The molecule has 2 aromatic rings. The van der Waals surface area contributed by atoms with Gasteiger partial charge >= 0.3 is 0 Å². The van der Waals surface area contributed by atoms with Crippen molar-refractivity contribution in [3.63, 3.8) is 0 Å². The fourth-order valence-corrected chi connectivity index (χ4v) is 6.75. The molecule has 34 heavy (non-hydrogen) atoms. The van der Waals surface area contributed by atoms with Crippen molar-refractivity contribution in [1.82, 2.24) is 10.2 Å². The van der Waals surface area contributed by atoms with Crippen molar-refractivity contribution < 1.29 is 22.4 Å². The van der Waals surface area contributed by atoms with Crippen molar-refractivity contribution in [2.75, 3.05) is 12.3 Å². The third-order valence-corrected chi connectivity index (χ3v) is 9.03. The maximum atomic E-state index is 14.7. The Hall–Kier alpha value is -2.74. The van der Waals surface area contributed by atoms with Crippen LogP contribution in [0.3, 0.4) is 0 Å². The molecule has 0 unspecified atom stereocenters. The average Bonchev–Trinajstić information content (AvgIpc) is 3.62. The van der Waals surface area contributed by atoms with Gasteiger partial charge in [0.2, 0.25) is 5.91 Å². The minimum absolute atomic E-state index is 0.0623. The molecule has 180 valence electrons. The van der Waals surface area contributed by atoms with Crippen LogP contribution in [0.1, 0.15) is 65.2 Å². The Morgan fingerprint density at radius 3 is 2.62 bits per heavy atom. The maximum absolute atomic E-state index is 14.7. The van der Waals surface area contributed by atoms with Gasteiger partial charge in [-0.15, -0.1) is 0 Å². The molecule has 1 saturated heterocycles. The number of halogens is 1. The van der Waals surface area contributed by atoms with E-state index >= 15 is 0 Å². The summed E-state index contributed by atoms with van der Waals surface area (Å²) in [5.41, 5.74) is 2.32. The first-order chi connectivity index (χ1) is 16.2. The number of nitrogens with zero attached hydrogens (tertiary/aromatic N) is 1. The summed E-state index contributed by atoms with van der Waals surface area (Å²) in [6, 6.07) is 8.79. The Morgan fingerprint density at radius 2 is 1.88 bits per heavy atom. The molecule has 0 aromatic heterocycles. The van der Waals surface area contributed by atoms with Gasteiger partial charge in [0, 0.05) is 17.7 Å². The van der Waals surface area contributed by atoms with Gasteiger partial charge in [-0.05, 0) is 80.7 Å². The van der Waals surface area contributed by atoms with Crippen molar-refractivity contribution in [1.29, 1.82) is 0 Å². The zero-order valence-corrected chi connectivity index (χ0v) is 20.0. The Balaban J connectivity index is 1.38. The highest BCUT2D eigenvalue weighted by atomic mass is 32.2. The first-order valence-electron chi connectivity index (χ1n) is 12.0. The number of likely N-dealkylation sites (tertiary alicyclic amines) is 1. The van der Waals surface area contributed by atoms with E-state index in [2.05, 4.69) is 5.32 Å². The van der Waals surface area contributed by atoms with E-state index < -0.39 is 21.9 Å². The predicted octanol–water partition coefficient (Wildman–Crippen LogP) is 3.73. The van der Waals surface area contributed by atoms with Gasteiger partial charge in [0.05, 0.1) is 16.7 Å². The molecule has 2 fully saturated rings. The van der Waals surface area contributed by atoms with E-state index in [9.17, 15) is 22.4 Å². The fraction of sp³-hybridized carbons (Fsp3) is 0.462. The number of amides is 2. The second kappa shape index (κ2) is 8.80. The second-order valence-corrected chi connectivity index (χ2v) is 11.8. The van der Waals surface area contributed by atoms with Crippen LogP contribution in [-0.4, -0.2) is 43.5 Å². The van der Waals surface area contributed by atoms with E-state index in [0.29, 0.717) is 24.9 Å². The standard InChI is InChI=1S/C26H29FN2O4S/c1-16-5-10-20(21(27)14-16)24(18-7-8-18)28-25(30)22-4-2-3-12-29(22)26(31)19-9-6-17-11-13-34(32,33)23(17)15-19/h5-6,9-10,14-15,18,22,24H,2-4,7-8,11-13H2,1H3,(H,28,30)/t22-,24-/m1/s1. The van der Waals surface area contributed by atoms with Crippen LogP contribution in [0.5, 0.6) is 0 Å². The summed E-state index contributed by atoms with van der Waals surface area (Å²) in [6.07, 6.45) is 4.42. The zero-order chi connectivity index (χ0) is 24.0. The number of sulfone groups is 1. The van der Waals surface area contributed by atoms with Gasteiger partial charge in [-0.2, -0.15) is 0 Å². The minimum Gasteiger partial charge on any atom is -0.347 e. The predicted molar refractivity (Wildman–Crippen MR) is 126 cm³/mol. The summed E-state index contributed by atoms with van der Waals surface area (Å²) < 4.78 is 39.4. The van der Waals surface area contributed by atoms with E-state index in [0.717, 1.165) is 36.8 Å². The molecule has 2 aromatic carbocycles. The lowest BCUT2D eigenvalue weighted by molar-refractivity contribution is -0.127. The van der Waals surface area contributed by atoms with E-state index in [1.807, 2.05) is 13.0 Å². The highest BCUT2D eigenvalue weighted by Crippen LogP contribution is 2.42. The topological polar surface area (TPSA) is 83.6 Å². The highest BCUT2D eigenvalue weighted by Gasteiger charge is 2.39. The minimum atomic E-state index is -3.36. The van der Waals surface area contributed by atoms with Gasteiger partial charge in [-0.25, -0.2) is 12.8 Å². The summed E-state index contributed by atoms with van der Waals surface area (Å²) in [4.78, 5) is 28.6. The van der Waals surface area contributed by atoms with E-state index in [4.69, 9.17) is 0 Å². The van der Waals surface area contributed by atoms with Crippen LogP contribution in [0.2, 0.25) is 0 Å². The molecular formula is C26H29FN2O4S. The lowest BCUT2D eigenvalue weighted by Gasteiger charge is -2.36. The van der Waals surface area contributed by atoms with Gasteiger partial charge < -0.3 is 10.2 Å². The van der Waals surface area contributed by atoms with Crippen LogP contribution >= 0.6 is 0 Å². The number of benzene rings is 2. The van der Waals surface area contributed by atoms with Crippen molar-refractivity contribution >= 4 is 21.7 Å². The van der Waals surface area contributed by atoms with Gasteiger partial charge in [0.1, 0.15) is 11.9 Å². The van der Waals surface area contributed by atoms with Crippen molar-refractivity contribution in [3.05, 3.63) is 64.5 Å². The molecule has 6 nitrogen and oxygen atoms in total. The van der Waals surface area contributed by atoms with Gasteiger partial charge in [-0.1, -0.05) is 18.2 Å². The molecule has 0 bridgehead atoms. The molecule has 0 radical (unpaired) electrons. The molecular weight excluding hydrogens is 455 g/mol. The number of carbonyl (C=O) groups excluding carboxylic acids is 2. The smallest absolute Gasteiger partial charge is 0.254 e. The zero-order valence-electron chi connectivity index (χ0n) is 19.2. The van der Waals surface area contributed by atoms with E-state index in [-0.39, 0.29) is 39.8 Å². The monoisotopic (exact) mass is 484 g/mol. The van der Waals surface area contributed by atoms with Crippen LogP contribution < -0.4 is 5.32 Å². The maximum Gasteiger partial charge on any atom is 0.254 e. The first kappa shape index (κ1) is 23.0. The summed E-state index contributed by atoms with van der Waals surface area (Å²) in [7, 11) is -3.36. The Kier molecular flexibility index (Phi) is 5.96. The Bertz CT molecular complexity index is 1260. The number of hydrogen-bond acceptors (Lipinski definition) is 4. The van der Waals surface area contributed by atoms with E-state index in [1.165, 1.54) is 12.1 Å². The summed E-state index contributed by atoms with van der Waals surface area (Å²) in [5.74, 6) is -0.691. The van der Waals surface area contributed by atoms with Gasteiger partial charge in [0.25, 0.3) is 5.91 Å². The fourth-order valence-electron chi connectivity index (χ4n) is 5.16. The average molecular weight is 485 g/mol. The number of rotatable bonds is 5. The largest absolute Gasteiger partial charge is 0.347 e. The lowest BCUT2D eigenvalue weighted by atomic mass is 9.96. The van der Waals surface area contributed by atoms with Crippen molar-refractivity contribution in [2.24, 2.45) is 5.92 Å². The molecule has 1 saturated carbocycles. The number of piperidine rings is 1. The van der Waals surface area contributed by atoms with Crippen LogP contribution in [-0.2, 0) is 21.1 Å². The molecule has 2 aliphatic heterocycles. The SMILES string of the molecule is Cc1ccc([C@H](NC(=O)[C@H]2CCCCN2C(=O)c2ccc3c(c2)S(=O)(=O)CC3)C2CC2)c(F)c1. The normalized spacial score (nSPS) is 22.2. The third kappa shape index (κ3) is 4.35. The second-order valence-electron chi connectivity index (χ2n) is 9.75. The van der Waals surface area contributed by atoms with Crippen molar-refractivity contribution in [3.8, 4) is 0 Å². The Morgan fingerprint density at radius 1 is 1.09 bits per heavy atom. The lowest BCUT2D eigenvalue weighted by Crippen LogP contribution is -2.52. The van der Waals surface area contributed by atoms with Crippen LogP contribution in [0.25, 0.3) is 0 Å². The summed E-state index contributed by atoms with van der Waals surface area (Å²) in [5, 5.41) is 3.05. The quantitative estimate of drug-likeness (QED) is 0.701. The van der Waals surface area contributed by atoms with Gasteiger partial charge in [0.15, 0.2) is 9.84 Å². The third-order valence-electron chi connectivity index (χ3n) is 7.24. The number of aryl methyl sites for hydroxylation is 2. The first-order valence-corrected chi connectivity index (χ1v) is 13.6. The van der Waals surface area contributed by atoms with Crippen LogP contribution in [0, 0.1) is 18.7 Å². The van der Waals surface area contributed by atoms with Crippen molar-refractivity contribution in [2.45, 2.75) is 62.4 Å². The Labute approximate surface area is 199 Å². The number of carbonyl (C=O) groups is 2. The molecule has 3 aliphatic rings. The van der Waals surface area contributed by atoms with E-state index in [1.54, 1.807) is 23.1 Å². The number of hydrogen-bond donors (Lipinski definition) is 1. The molecule has 1 aliphatic carbocycles. The molecule has 2 heterocycles. The van der Waals surface area contributed by atoms with Crippen LogP contribution in [0.4, 0.5) is 4.39 Å². The molecule has 5 rings (SSSR count). The molecule has 2 amide bonds. The molecule has 0 spiro atoms. The van der Waals surface area contributed by atoms with Crippen LogP contribution in [0.15, 0.2) is 41.3 Å². The number of nitrogens with one attached hydrogen (secondary N) is 1. The molecule has 8 heteroatoms. The molecule has 1 N–H and O–H groups in total. The highest BCUT2D eigenvalue weighted by molar-refractivity contribution is 7.91. The summed E-state index contributed by atoms with van der Waals surface area (Å²) >= 11 is 0. The molecule has 2 atom stereocenters.